The number of ether oxygens (including phenoxy) is 1. The van der Waals surface area contributed by atoms with E-state index in [0.717, 1.165) is 18.6 Å². The highest BCUT2D eigenvalue weighted by Crippen LogP contribution is 2.29. The Labute approximate surface area is 105 Å². The van der Waals surface area contributed by atoms with Crippen LogP contribution in [0.15, 0.2) is 12.1 Å². The lowest BCUT2D eigenvalue weighted by molar-refractivity contribution is 0.411. The highest BCUT2D eigenvalue weighted by atomic mass is 16.5. The molecule has 1 atom stereocenters. The van der Waals surface area contributed by atoms with Gasteiger partial charge >= 0.3 is 0 Å². The van der Waals surface area contributed by atoms with Crippen molar-refractivity contribution < 1.29 is 4.74 Å². The fraction of sp³-hybridized carbons (Fsp3) is 0.500. The van der Waals surface area contributed by atoms with Gasteiger partial charge in [0.15, 0.2) is 0 Å². The van der Waals surface area contributed by atoms with Crippen molar-refractivity contribution >= 4 is 0 Å². The van der Waals surface area contributed by atoms with E-state index in [9.17, 15) is 0 Å². The van der Waals surface area contributed by atoms with Crippen molar-refractivity contribution in [1.29, 1.82) is 0 Å². The Morgan fingerprint density at radius 3 is 2.47 bits per heavy atom. The molecule has 0 bridgehead atoms. The molecule has 0 saturated carbocycles. The van der Waals surface area contributed by atoms with Gasteiger partial charge in [0.25, 0.3) is 0 Å². The first-order valence-corrected chi connectivity index (χ1v) is 6.21. The second-order valence-electron chi connectivity index (χ2n) is 4.42. The Balaban J connectivity index is 2.95. The molecule has 1 aromatic rings. The van der Waals surface area contributed by atoms with Gasteiger partial charge in [-0.05, 0) is 42.5 Å². The van der Waals surface area contributed by atoms with E-state index in [-0.39, 0.29) is 0 Å². The van der Waals surface area contributed by atoms with Gasteiger partial charge in [0.1, 0.15) is 5.75 Å². The smallest absolute Gasteiger partial charge is 0.122 e. The number of hydrogen-bond acceptors (Lipinski definition) is 1. The first kappa shape index (κ1) is 13.6. The minimum Gasteiger partial charge on any atom is -0.496 e. The number of rotatable bonds is 3. The maximum absolute atomic E-state index is 5.33. The van der Waals surface area contributed by atoms with Crippen molar-refractivity contribution in [3.63, 3.8) is 0 Å². The summed E-state index contributed by atoms with van der Waals surface area (Å²) in [6.45, 7) is 8.60. The average molecular weight is 230 g/mol. The Morgan fingerprint density at radius 1 is 1.18 bits per heavy atom. The Kier molecular flexibility index (Phi) is 5.10. The van der Waals surface area contributed by atoms with Gasteiger partial charge in [-0.15, -0.1) is 11.8 Å². The molecule has 0 saturated heterocycles. The van der Waals surface area contributed by atoms with E-state index in [1.165, 1.54) is 16.7 Å². The lowest BCUT2D eigenvalue weighted by atomic mass is 9.91. The number of hydrogen-bond donors (Lipinski definition) is 0. The largest absolute Gasteiger partial charge is 0.496 e. The lowest BCUT2D eigenvalue weighted by Gasteiger charge is -2.16. The van der Waals surface area contributed by atoms with Gasteiger partial charge in [0.05, 0.1) is 7.11 Å². The number of methoxy groups -OCH3 is 1. The maximum Gasteiger partial charge on any atom is 0.122 e. The normalized spacial score (nSPS) is 11.6. The fourth-order valence-corrected chi connectivity index (χ4v) is 2.03. The van der Waals surface area contributed by atoms with Crippen molar-refractivity contribution in [3.8, 4) is 17.6 Å². The van der Waals surface area contributed by atoms with E-state index in [1.54, 1.807) is 7.11 Å². The minimum atomic E-state index is 0.485. The molecule has 0 heterocycles. The molecule has 0 aliphatic carbocycles. The third-order valence-electron chi connectivity index (χ3n) is 3.24. The van der Waals surface area contributed by atoms with E-state index in [1.807, 2.05) is 0 Å². The molecule has 0 radical (unpaired) electrons. The highest BCUT2D eigenvalue weighted by molar-refractivity contribution is 5.45. The molecule has 0 aromatic heterocycles. The summed E-state index contributed by atoms with van der Waals surface area (Å²) in [5.41, 5.74) is 3.95. The molecule has 0 aliphatic rings. The molecule has 1 aromatic carbocycles. The molecule has 17 heavy (non-hydrogen) atoms. The summed E-state index contributed by atoms with van der Waals surface area (Å²) in [6, 6.07) is 4.22. The van der Waals surface area contributed by atoms with Gasteiger partial charge in [-0.25, -0.2) is 0 Å². The molecule has 1 rings (SSSR count). The predicted octanol–water partition coefficient (Wildman–Crippen LogP) is 4.22. The van der Waals surface area contributed by atoms with Gasteiger partial charge in [0.2, 0.25) is 0 Å². The van der Waals surface area contributed by atoms with Gasteiger partial charge in [-0.3, -0.25) is 0 Å². The summed E-state index contributed by atoms with van der Waals surface area (Å²) in [5.74, 6) is 7.81. The summed E-state index contributed by atoms with van der Waals surface area (Å²) < 4.78 is 5.33. The van der Waals surface area contributed by atoms with E-state index in [4.69, 9.17) is 4.74 Å². The van der Waals surface area contributed by atoms with Crippen molar-refractivity contribution in [2.75, 3.05) is 7.11 Å². The SMILES string of the molecule is CCC#CCC(C)c1ccc(OC)c(C)c1C. The van der Waals surface area contributed by atoms with Crippen molar-refractivity contribution in [2.45, 2.75) is 46.5 Å². The molecule has 0 fully saturated rings. The molecule has 92 valence electrons. The van der Waals surface area contributed by atoms with Crippen LogP contribution in [-0.4, -0.2) is 7.11 Å². The van der Waals surface area contributed by atoms with Crippen LogP contribution in [0.1, 0.15) is 49.3 Å². The zero-order valence-corrected chi connectivity index (χ0v) is 11.6. The van der Waals surface area contributed by atoms with E-state index in [2.05, 4.69) is 51.7 Å². The predicted molar refractivity (Wildman–Crippen MR) is 73.6 cm³/mol. The molecule has 0 spiro atoms. The van der Waals surface area contributed by atoms with Crippen LogP contribution in [0, 0.1) is 25.7 Å². The van der Waals surface area contributed by atoms with E-state index in [0.29, 0.717) is 5.92 Å². The fourth-order valence-electron chi connectivity index (χ4n) is 2.03. The molecule has 1 nitrogen and oxygen atoms in total. The monoisotopic (exact) mass is 230 g/mol. The third-order valence-corrected chi connectivity index (χ3v) is 3.24. The van der Waals surface area contributed by atoms with Crippen LogP contribution in [-0.2, 0) is 0 Å². The topological polar surface area (TPSA) is 9.23 Å². The first-order chi connectivity index (χ1) is 8.11. The molecule has 0 N–H and O–H groups in total. The summed E-state index contributed by atoms with van der Waals surface area (Å²) >= 11 is 0. The van der Waals surface area contributed by atoms with Crippen LogP contribution in [0.2, 0.25) is 0 Å². The van der Waals surface area contributed by atoms with Crippen molar-refractivity contribution in [1.82, 2.24) is 0 Å². The van der Waals surface area contributed by atoms with Gasteiger partial charge in [-0.2, -0.15) is 0 Å². The van der Waals surface area contributed by atoms with Crippen LogP contribution >= 0.6 is 0 Å². The molecule has 0 amide bonds. The highest BCUT2D eigenvalue weighted by Gasteiger charge is 2.11. The summed E-state index contributed by atoms with van der Waals surface area (Å²) in [4.78, 5) is 0. The third kappa shape index (κ3) is 3.27. The summed E-state index contributed by atoms with van der Waals surface area (Å²) in [7, 11) is 1.72. The lowest BCUT2D eigenvalue weighted by Crippen LogP contribution is -1.99. The van der Waals surface area contributed by atoms with Crippen LogP contribution in [0.25, 0.3) is 0 Å². The Hall–Kier alpha value is -1.42. The summed E-state index contributed by atoms with van der Waals surface area (Å²) in [5, 5.41) is 0. The van der Waals surface area contributed by atoms with Gasteiger partial charge < -0.3 is 4.74 Å². The molecule has 0 aliphatic heterocycles. The second-order valence-corrected chi connectivity index (χ2v) is 4.42. The van der Waals surface area contributed by atoms with Crippen LogP contribution in [0.5, 0.6) is 5.75 Å². The first-order valence-electron chi connectivity index (χ1n) is 6.21. The summed E-state index contributed by atoms with van der Waals surface area (Å²) in [6.07, 6.45) is 1.87. The van der Waals surface area contributed by atoms with Crippen LogP contribution in [0.3, 0.4) is 0 Å². The molecule has 1 unspecified atom stereocenters. The standard InChI is InChI=1S/C16H22O/c1-6-7-8-9-12(2)15-10-11-16(17-5)14(4)13(15)3/h10-12H,6,9H2,1-5H3. The van der Waals surface area contributed by atoms with Gasteiger partial charge in [-0.1, -0.05) is 19.9 Å². The van der Waals surface area contributed by atoms with Crippen LogP contribution in [0.4, 0.5) is 0 Å². The number of benzene rings is 1. The van der Waals surface area contributed by atoms with Crippen molar-refractivity contribution in [2.24, 2.45) is 0 Å². The molecular formula is C16H22O. The quantitative estimate of drug-likeness (QED) is 0.706. The Morgan fingerprint density at radius 2 is 1.88 bits per heavy atom. The Bertz CT molecular complexity index is 435. The van der Waals surface area contributed by atoms with E-state index < -0.39 is 0 Å². The molecular weight excluding hydrogens is 208 g/mol. The average Bonchev–Trinajstić information content (AvgIpc) is 2.32. The molecule has 1 heteroatoms. The maximum atomic E-state index is 5.33. The zero-order chi connectivity index (χ0) is 12.8. The van der Waals surface area contributed by atoms with Crippen molar-refractivity contribution in [3.05, 3.63) is 28.8 Å². The van der Waals surface area contributed by atoms with E-state index >= 15 is 0 Å². The zero-order valence-electron chi connectivity index (χ0n) is 11.6. The minimum absolute atomic E-state index is 0.485. The van der Waals surface area contributed by atoms with Crippen LogP contribution < -0.4 is 4.74 Å². The van der Waals surface area contributed by atoms with Gasteiger partial charge in [0, 0.05) is 12.8 Å². The second kappa shape index (κ2) is 6.35.